The zero-order valence-electron chi connectivity index (χ0n) is 11.9. The first-order valence-electron chi connectivity index (χ1n) is 7.48. The average molecular weight is 249 g/mol. The Morgan fingerprint density at radius 2 is 2.22 bits per heavy atom. The van der Waals surface area contributed by atoms with Crippen LogP contribution in [-0.4, -0.2) is 21.9 Å². The van der Waals surface area contributed by atoms with Crippen molar-refractivity contribution in [2.75, 3.05) is 6.54 Å². The maximum absolute atomic E-state index is 4.26. The van der Waals surface area contributed by atoms with E-state index in [4.69, 9.17) is 0 Å². The molecule has 0 aliphatic carbocycles. The van der Waals surface area contributed by atoms with Crippen LogP contribution in [0, 0.1) is 0 Å². The Balaban J connectivity index is 1.98. The molecule has 2 rings (SSSR count). The minimum absolute atomic E-state index is 0.384. The van der Waals surface area contributed by atoms with E-state index in [1.807, 2.05) is 17.9 Å². The molecule has 1 N–H and O–H groups in total. The molecule has 1 fully saturated rings. The lowest BCUT2D eigenvalue weighted by Crippen LogP contribution is -2.45. The zero-order chi connectivity index (χ0) is 12.8. The van der Waals surface area contributed by atoms with Crippen molar-refractivity contribution in [2.45, 2.75) is 63.8 Å². The van der Waals surface area contributed by atoms with Crippen LogP contribution in [0.25, 0.3) is 0 Å². The van der Waals surface area contributed by atoms with Crippen LogP contribution in [0.2, 0.25) is 0 Å². The zero-order valence-corrected chi connectivity index (χ0v) is 11.9. The highest BCUT2D eigenvalue weighted by Gasteiger charge is 2.29. The molecule has 3 nitrogen and oxygen atoms in total. The number of hydrogen-bond acceptors (Lipinski definition) is 2. The maximum atomic E-state index is 4.26. The molecular weight excluding hydrogens is 222 g/mol. The highest BCUT2D eigenvalue weighted by Crippen LogP contribution is 2.28. The Morgan fingerprint density at radius 3 is 2.94 bits per heavy atom. The lowest BCUT2D eigenvalue weighted by molar-refractivity contribution is 0.268. The standard InChI is InChI=1S/C15H27N3/c1-3-9-15(10-5-4-6-12-16-15)11-7-14-8-13-17-18(14)2/h8,13,16H,3-7,9-12H2,1-2H3. The van der Waals surface area contributed by atoms with Crippen LogP contribution in [0.15, 0.2) is 12.3 Å². The van der Waals surface area contributed by atoms with Gasteiger partial charge in [-0.15, -0.1) is 0 Å². The Bertz CT molecular complexity index is 348. The second kappa shape index (κ2) is 6.37. The monoisotopic (exact) mass is 249 g/mol. The predicted octanol–water partition coefficient (Wildman–Crippen LogP) is 3.06. The Labute approximate surface area is 111 Å². The van der Waals surface area contributed by atoms with E-state index in [9.17, 15) is 0 Å². The molecule has 1 aliphatic rings. The van der Waals surface area contributed by atoms with Gasteiger partial charge in [-0.3, -0.25) is 4.68 Å². The third kappa shape index (κ3) is 3.35. The summed E-state index contributed by atoms with van der Waals surface area (Å²) >= 11 is 0. The fourth-order valence-corrected chi connectivity index (χ4v) is 3.25. The molecule has 0 spiro atoms. The second-order valence-corrected chi connectivity index (χ2v) is 5.71. The third-order valence-corrected chi connectivity index (χ3v) is 4.34. The van der Waals surface area contributed by atoms with Crippen molar-refractivity contribution in [3.63, 3.8) is 0 Å². The van der Waals surface area contributed by atoms with E-state index in [2.05, 4.69) is 23.4 Å². The molecule has 18 heavy (non-hydrogen) atoms. The van der Waals surface area contributed by atoms with E-state index >= 15 is 0 Å². The van der Waals surface area contributed by atoms with Crippen molar-refractivity contribution in [3.8, 4) is 0 Å². The molecule has 2 heterocycles. The number of aryl methyl sites for hydroxylation is 2. The Kier molecular flexibility index (Phi) is 4.81. The maximum Gasteiger partial charge on any atom is 0.0492 e. The first kappa shape index (κ1) is 13.6. The van der Waals surface area contributed by atoms with E-state index in [1.165, 1.54) is 57.2 Å². The van der Waals surface area contributed by atoms with Gasteiger partial charge in [0.2, 0.25) is 0 Å². The number of nitrogens with one attached hydrogen (secondary N) is 1. The van der Waals surface area contributed by atoms with Crippen molar-refractivity contribution in [1.29, 1.82) is 0 Å². The molecule has 0 bridgehead atoms. The van der Waals surface area contributed by atoms with Crippen LogP contribution >= 0.6 is 0 Å². The van der Waals surface area contributed by atoms with E-state index in [1.54, 1.807) is 0 Å². The Hall–Kier alpha value is -0.830. The summed E-state index contributed by atoms with van der Waals surface area (Å²) < 4.78 is 2.01. The Morgan fingerprint density at radius 1 is 1.33 bits per heavy atom. The smallest absolute Gasteiger partial charge is 0.0492 e. The summed E-state index contributed by atoms with van der Waals surface area (Å²) in [5.41, 5.74) is 1.74. The van der Waals surface area contributed by atoms with Gasteiger partial charge in [0.25, 0.3) is 0 Å². The quantitative estimate of drug-likeness (QED) is 0.869. The third-order valence-electron chi connectivity index (χ3n) is 4.34. The molecule has 0 radical (unpaired) electrons. The number of hydrogen-bond donors (Lipinski definition) is 1. The van der Waals surface area contributed by atoms with Crippen molar-refractivity contribution in [2.24, 2.45) is 7.05 Å². The van der Waals surface area contributed by atoms with E-state index in [0.717, 1.165) is 6.42 Å². The molecule has 102 valence electrons. The first-order valence-corrected chi connectivity index (χ1v) is 7.48. The fraction of sp³-hybridized carbons (Fsp3) is 0.800. The van der Waals surface area contributed by atoms with Gasteiger partial charge in [0.05, 0.1) is 0 Å². The lowest BCUT2D eigenvalue weighted by atomic mass is 9.84. The van der Waals surface area contributed by atoms with Gasteiger partial charge in [-0.05, 0) is 44.7 Å². The van der Waals surface area contributed by atoms with Gasteiger partial charge in [0.15, 0.2) is 0 Å². The van der Waals surface area contributed by atoms with Crippen molar-refractivity contribution in [1.82, 2.24) is 15.1 Å². The first-order chi connectivity index (χ1) is 8.76. The molecule has 1 aliphatic heterocycles. The summed E-state index contributed by atoms with van der Waals surface area (Å²) in [5, 5.41) is 8.11. The average Bonchev–Trinajstić information content (AvgIpc) is 2.63. The molecule has 0 saturated carbocycles. The van der Waals surface area contributed by atoms with Crippen molar-refractivity contribution >= 4 is 0 Å². The summed E-state index contributed by atoms with van der Waals surface area (Å²) in [6.45, 7) is 3.50. The number of aromatic nitrogens is 2. The van der Waals surface area contributed by atoms with Gasteiger partial charge < -0.3 is 5.32 Å². The molecule has 1 aromatic rings. The van der Waals surface area contributed by atoms with E-state index in [-0.39, 0.29) is 0 Å². The van der Waals surface area contributed by atoms with Gasteiger partial charge in [-0.1, -0.05) is 26.2 Å². The van der Waals surface area contributed by atoms with Crippen molar-refractivity contribution in [3.05, 3.63) is 18.0 Å². The molecule has 1 aromatic heterocycles. The topological polar surface area (TPSA) is 29.9 Å². The minimum atomic E-state index is 0.384. The highest BCUT2D eigenvalue weighted by molar-refractivity contribution is 5.02. The lowest BCUT2D eigenvalue weighted by Gasteiger charge is -2.34. The normalized spacial score (nSPS) is 25.0. The van der Waals surface area contributed by atoms with Gasteiger partial charge in [0.1, 0.15) is 0 Å². The SMILES string of the molecule is CCCC1(CCc2ccnn2C)CCCCCN1. The van der Waals surface area contributed by atoms with Gasteiger partial charge in [-0.25, -0.2) is 0 Å². The van der Waals surface area contributed by atoms with Gasteiger partial charge >= 0.3 is 0 Å². The van der Waals surface area contributed by atoms with E-state index < -0.39 is 0 Å². The minimum Gasteiger partial charge on any atom is -0.311 e. The second-order valence-electron chi connectivity index (χ2n) is 5.71. The summed E-state index contributed by atoms with van der Waals surface area (Å²) in [4.78, 5) is 0. The summed E-state index contributed by atoms with van der Waals surface area (Å²) in [5.74, 6) is 0. The molecule has 1 unspecified atom stereocenters. The molecule has 1 saturated heterocycles. The van der Waals surface area contributed by atoms with Crippen LogP contribution in [0.5, 0.6) is 0 Å². The summed E-state index contributed by atoms with van der Waals surface area (Å²) in [6, 6.07) is 2.15. The molecular formula is C15H27N3. The fourth-order valence-electron chi connectivity index (χ4n) is 3.25. The van der Waals surface area contributed by atoms with Crippen LogP contribution < -0.4 is 5.32 Å². The largest absolute Gasteiger partial charge is 0.311 e. The molecule has 0 aromatic carbocycles. The number of nitrogens with zero attached hydrogens (tertiary/aromatic N) is 2. The molecule has 0 amide bonds. The van der Waals surface area contributed by atoms with Gasteiger partial charge in [0, 0.05) is 24.5 Å². The van der Waals surface area contributed by atoms with Crippen LogP contribution in [0.3, 0.4) is 0 Å². The van der Waals surface area contributed by atoms with Crippen LogP contribution in [0.4, 0.5) is 0 Å². The highest BCUT2D eigenvalue weighted by atomic mass is 15.2. The van der Waals surface area contributed by atoms with E-state index in [0.29, 0.717) is 5.54 Å². The van der Waals surface area contributed by atoms with Gasteiger partial charge in [-0.2, -0.15) is 5.10 Å². The molecule has 1 atom stereocenters. The summed E-state index contributed by atoms with van der Waals surface area (Å²) in [6.07, 6.45) is 12.4. The van der Waals surface area contributed by atoms with Crippen LogP contribution in [0.1, 0.15) is 57.6 Å². The van der Waals surface area contributed by atoms with Crippen molar-refractivity contribution < 1.29 is 0 Å². The number of rotatable bonds is 5. The summed E-state index contributed by atoms with van der Waals surface area (Å²) in [7, 11) is 2.04. The van der Waals surface area contributed by atoms with Crippen LogP contribution in [-0.2, 0) is 13.5 Å². The predicted molar refractivity (Wildman–Crippen MR) is 75.6 cm³/mol. The molecule has 3 heteroatoms.